The summed E-state index contributed by atoms with van der Waals surface area (Å²) >= 11 is 1.62. The Morgan fingerprint density at radius 2 is 2.16 bits per heavy atom. The highest BCUT2D eigenvalue weighted by Gasteiger charge is 2.18. The Hall–Kier alpha value is -1.46. The molecule has 0 amide bonds. The van der Waals surface area contributed by atoms with Crippen LogP contribution in [-0.2, 0) is 6.54 Å². The monoisotopic (exact) mass is 279 g/mol. The molecule has 0 aliphatic carbocycles. The second kappa shape index (κ2) is 6.12. The second-order valence-corrected chi connectivity index (χ2v) is 5.54. The maximum atomic E-state index is 13.8. The third kappa shape index (κ3) is 3.11. The van der Waals surface area contributed by atoms with Gasteiger partial charge in [-0.2, -0.15) is 0 Å². The van der Waals surface area contributed by atoms with Crippen molar-refractivity contribution >= 4 is 16.5 Å². The zero-order valence-corrected chi connectivity index (χ0v) is 12.2. The van der Waals surface area contributed by atoms with Crippen LogP contribution in [0.2, 0.25) is 0 Å². The van der Waals surface area contributed by atoms with E-state index in [1.807, 2.05) is 44.2 Å². The van der Waals surface area contributed by atoms with Crippen LogP contribution < -0.4 is 10.2 Å². The van der Waals surface area contributed by atoms with Crippen LogP contribution in [-0.4, -0.2) is 19.1 Å². The fraction of sp³-hybridized carbons (Fsp3) is 0.357. The fourth-order valence-electron chi connectivity index (χ4n) is 1.90. The molecule has 5 heteroatoms. The Balaban J connectivity index is 2.18. The van der Waals surface area contributed by atoms with E-state index in [1.54, 1.807) is 17.4 Å². The average molecular weight is 279 g/mol. The topological polar surface area (TPSA) is 28.2 Å². The second-order valence-electron chi connectivity index (χ2n) is 4.45. The average Bonchev–Trinajstić information content (AvgIpc) is 2.87. The van der Waals surface area contributed by atoms with Crippen molar-refractivity contribution in [1.82, 2.24) is 10.3 Å². The molecule has 0 spiro atoms. The van der Waals surface area contributed by atoms with Crippen molar-refractivity contribution in [3.8, 4) is 0 Å². The van der Waals surface area contributed by atoms with Crippen LogP contribution in [0, 0.1) is 5.82 Å². The Bertz CT molecular complexity index is 541. The quantitative estimate of drug-likeness (QED) is 0.911. The summed E-state index contributed by atoms with van der Waals surface area (Å²) < 4.78 is 13.8. The molecule has 1 unspecified atom stereocenters. The molecule has 2 rings (SSSR count). The lowest BCUT2D eigenvalue weighted by atomic mass is 10.1. The van der Waals surface area contributed by atoms with Crippen LogP contribution in [0.5, 0.6) is 0 Å². The van der Waals surface area contributed by atoms with Gasteiger partial charge in [-0.05, 0) is 20.0 Å². The van der Waals surface area contributed by atoms with Gasteiger partial charge in [-0.1, -0.05) is 18.2 Å². The van der Waals surface area contributed by atoms with E-state index in [0.29, 0.717) is 5.56 Å². The number of benzene rings is 1. The van der Waals surface area contributed by atoms with E-state index in [4.69, 9.17) is 0 Å². The molecule has 3 nitrogen and oxygen atoms in total. The molecule has 1 N–H and O–H groups in total. The molecule has 0 aliphatic rings. The molecule has 1 heterocycles. The van der Waals surface area contributed by atoms with Gasteiger partial charge in [0.25, 0.3) is 0 Å². The molecular weight excluding hydrogens is 261 g/mol. The third-order valence-electron chi connectivity index (χ3n) is 3.13. The number of thiazole rings is 1. The number of rotatable bonds is 5. The Morgan fingerprint density at radius 3 is 2.84 bits per heavy atom. The van der Waals surface area contributed by atoms with E-state index < -0.39 is 0 Å². The summed E-state index contributed by atoms with van der Waals surface area (Å²) in [5.74, 6) is -0.172. The van der Waals surface area contributed by atoms with Gasteiger partial charge in [0.1, 0.15) is 5.82 Å². The Labute approximate surface area is 117 Å². The number of nitrogens with zero attached hydrogens (tertiary/aromatic N) is 2. The van der Waals surface area contributed by atoms with Gasteiger partial charge in [0.2, 0.25) is 0 Å². The number of aromatic nitrogens is 1. The van der Waals surface area contributed by atoms with Crippen molar-refractivity contribution < 1.29 is 4.39 Å². The maximum Gasteiger partial charge on any atom is 0.185 e. The molecule has 1 atom stereocenters. The van der Waals surface area contributed by atoms with Crippen LogP contribution in [0.4, 0.5) is 9.52 Å². The Morgan fingerprint density at radius 1 is 1.42 bits per heavy atom. The van der Waals surface area contributed by atoms with E-state index >= 15 is 0 Å². The maximum absolute atomic E-state index is 13.8. The van der Waals surface area contributed by atoms with Crippen molar-refractivity contribution in [2.75, 3.05) is 19.0 Å². The van der Waals surface area contributed by atoms with Crippen LogP contribution in [0.25, 0.3) is 0 Å². The molecule has 0 saturated heterocycles. The van der Waals surface area contributed by atoms with Gasteiger partial charge in [0.15, 0.2) is 5.13 Å². The number of hydrogen-bond donors (Lipinski definition) is 1. The zero-order chi connectivity index (χ0) is 13.8. The van der Waals surface area contributed by atoms with Gasteiger partial charge < -0.3 is 10.2 Å². The number of halogens is 1. The summed E-state index contributed by atoms with van der Waals surface area (Å²) in [6.07, 6.45) is 1.86. The highest BCUT2D eigenvalue weighted by atomic mass is 32.1. The molecular formula is C14H18FN3S. The standard InChI is InChI=1S/C14H18FN3S/c1-10(12-6-4-5-7-13(12)15)18(3)14-17-9-11(19-14)8-16-2/h4-7,9-10,16H,8H2,1-3H3. The molecule has 19 heavy (non-hydrogen) atoms. The predicted molar refractivity (Wildman–Crippen MR) is 78.1 cm³/mol. The fourth-order valence-corrected chi connectivity index (χ4v) is 2.87. The molecule has 1 aromatic carbocycles. The van der Waals surface area contributed by atoms with E-state index in [2.05, 4.69) is 10.3 Å². The largest absolute Gasteiger partial charge is 0.344 e. The van der Waals surface area contributed by atoms with Gasteiger partial charge in [-0.25, -0.2) is 9.37 Å². The molecule has 2 aromatic rings. The lowest BCUT2D eigenvalue weighted by molar-refractivity contribution is 0.585. The van der Waals surface area contributed by atoms with Gasteiger partial charge in [0.05, 0.1) is 6.04 Å². The first-order valence-electron chi connectivity index (χ1n) is 6.20. The summed E-state index contributed by atoms with van der Waals surface area (Å²) in [5, 5.41) is 4.00. The SMILES string of the molecule is CNCc1cnc(N(C)C(C)c2ccccc2F)s1. The lowest BCUT2D eigenvalue weighted by Gasteiger charge is -2.24. The molecule has 0 bridgehead atoms. The minimum absolute atomic E-state index is 0.0465. The number of nitrogens with one attached hydrogen (secondary N) is 1. The first kappa shape index (κ1) is 14.0. The van der Waals surface area contributed by atoms with Gasteiger partial charge >= 0.3 is 0 Å². The van der Waals surface area contributed by atoms with Crippen LogP contribution in [0.15, 0.2) is 30.5 Å². The van der Waals surface area contributed by atoms with E-state index in [0.717, 1.165) is 11.7 Å². The summed E-state index contributed by atoms with van der Waals surface area (Å²) in [7, 11) is 3.85. The van der Waals surface area contributed by atoms with Gasteiger partial charge in [-0.15, -0.1) is 11.3 Å². The zero-order valence-electron chi connectivity index (χ0n) is 11.4. The first-order chi connectivity index (χ1) is 9.13. The number of hydrogen-bond acceptors (Lipinski definition) is 4. The van der Waals surface area contributed by atoms with Crippen molar-refractivity contribution in [2.45, 2.75) is 19.5 Å². The third-order valence-corrected chi connectivity index (χ3v) is 4.22. The smallest absolute Gasteiger partial charge is 0.185 e. The molecule has 0 radical (unpaired) electrons. The molecule has 1 aromatic heterocycles. The molecule has 0 saturated carbocycles. The minimum Gasteiger partial charge on any atom is -0.344 e. The minimum atomic E-state index is -0.172. The predicted octanol–water partition coefficient (Wildman–Crippen LogP) is 3.20. The van der Waals surface area contributed by atoms with Crippen LogP contribution in [0.3, 0.4) is 0 Å². The van der Waals surface area contributed by atoms with E-state index in [-0.39, 0.29) is 11.9 Å². The molecule has 0 aliphatic heterocycles. The summed E-state index contributed by atoms with van der Waals surface area (Å²) in [4.78, 5) is 7.57. The van der Waals surface area contributed by atoms with E-state index in [9.17, 15) is 4.39 Å². The lowest BCUT2D eigenvalue weighted by Crippen LogP contribution is -2.22. The molecule has 0 fully saturated rings. The van der Waals surface area contributed by atoms with Crippen molar-refractivity contribution in [3.05, 3.63) is 46.7 Å². The van der Waals surface area contributed by atoms with Crippen molar-refractivity contribution in [3.63, 3.8) is 0 Å². The van der Waals surface area contributed by atoms with E-state index in [1.165, 1.54) is 10.9 Å². The normalized spacial score (nSPS) is 12.4. The summed E-state index contributed by atoms with van der Waals surface area (Å²) in [5.41, 5.74) is 0.690. The highest BCUT2D eigenvalue weighted by molar-refractivity contribution is 7.15. The van der Waals surface area contributed by atoms with Crippen LogP contribution in [0.1, 0.15) is 23.4 Å². The summed E-state index contributed by atoms with van der Waals surface area (Å²) in [6, 6.07) is 6.83. The first-order valence-corrected chi connectivity index (χ1v) is 7.01. The van der Waals surface area contributed by atoms with Gasteiger partial charge in [-0.3, -0.25) is 0 Å². The highest BCUT2D eigenvalue weighted by Crippen LogP contribution is 2.29. The summed E-state index contributed by atoms with van der Waals surface area (Å²) in [6.45, 7) is 2.79. The van der Waals surface area contributed by atoms with Crippen molar-refractivity contribution in [1.29, 1.82) is 0 Å². The van der Waals surface area contributed by atoms with Gasteiger partial charge in [0, 0.05) is 30.2 Å². The van der Waals surface area contributed by atoms with Crippen molar-refractivity contribution in [2.24, 2.45) is 0 Å². The number of anilines is 1. The Kier molecular flexibility index (Phi) is 4.50. The molecule has 102 valence electrons. The van der Waals surface area contributed by atoms with Crippen LogP contribution >= 0.6 is 11.3 Å².